The molecule has 0 aliphatic carbocycles. The van der Waals surface area contributed by atoms with Gasteiger partial charge in [0, 0.05) is 17.7 Å². The van der Waals surface area contributed by atoms with Crippen molar-refractivity contribution in [2.75, 3.05) is 26.7 Å². The van der Waals surface area contributed by atoms with Gasteiger partial charge in [0.25, 0.3) is 0 Å². The first kappa shape index (κ1) is 22.3. The van der Waals surface area contributed by atoms with Crippen molar-refractivity contribution in [1.82, 2.24) is 10.2 Å². The lowest BCUT2D eigenvalue weighted by molar-refractivity contribution is -0.148. The van der Waals surface area contributed by atoms with Crippen molar-refractivity contribution in [2.24, 2.45) is 10.9 Å². The van der Waals surface area contributed by atoms with Crippen molar-refractivity contribution in [3.8, 4) is 5.75 Å². The minimum atomic E-state index is -4.20. The Kier molecular flexibility index (Phi) is 6.50. The molecule has 1 atom stereocenters. The average molecular weight is 447 g/mol. The van der Waals surface area contributed by atoms with Gasteiger partial charge in [-0.25, -0.2) is 4.39 Å². The van der Waals surface area contributed by atoms with E-state index in [-0.39, 0.29) is 17.9 Å². The molecule has 1 unspecified atom stereocenters. The molecular weight excluding hydrogens is 422 g/mol. The summed E-state index contributed by atoms with van der Waals surface area (Å²) in [7, 11) is 1.60. The molecule has 1 fully saturated rings. The fourth-order valence-corrected chi connectivity index (χ4v) is 4.26. The fraction of sp³-hybridized carbons (Fsp3) is 0.375. The zero-order chi connectivity index (χ0) is 22.7. The van der Waals surface area contributed by atoms with Crippen LogP contribution >= 0.6 is 0 Å². The van der Waals surface area contributed by atoms with E-state index in [2.05, 4.69) is 5.32 Å². The Labute approximate surface area is 184 Å². The van der Waals surface area contributed by atoms with E-state index < -0.39 is 12.7 Å². The van der Waals surface area contributed by atoms with E-state index in [4.69, 9.17) is 9.73 Å². The van der Waals surface area contributed by atoms with E-state index in [9.17, 15) is 17.6 Å². The predicted octanol–water partition coefficient (Wildman–Crippen LogP) is 5.19. The first-order valence-corrected chi connectivity index (χ1v) is 10.6. The molecule has 1 N–H and O–H groups in total. The predicted molar refractivity (Wildman–Crippen MR) is 116 cm³/mol. The molecule has 4 nitrogen and oxygen atoms in total. The molecule has 2 aromatic carbocycles. The van der Waals surface area contributed by atoms with Crippen molar-refractivity contribution in [1.29, 1.82) is 0 Å². The van der Waals surface area contributed by atoms with Gasteiger partial charge in [-0.05, 0) is 61.3 Å². The van der Waals surface area contributed by atoms with E-state index >= 15 is 0 Å². The van der Waals surface area contributed by atoms with Gasteiger partial charge in [-0.15, -0.1) is 0 Å². The van der Waals surface area contributed by atoms with Crippen molar-refractivity contribution < 1.29 is 22.3 Å². The number of ether oxygens (including phenoxy) is 1. The number of hydrogen-bond acceptors (Lipinski definition) is 4. The number of nitrogens with zero attached hydrogens (tertiary/aromatic N) is 2. The van der Waals surface area contributed by atoms with Gasteiger partial charge in [0.1, 0.15) is 17.7 Å². The summed E-state index contributed by atoms with van der Waals surface area (Å²) in [5.41, 5.74) is 3.50. The van der Waals surface area contributed by atoms with Crippen LogP contribution in [0.5, 0.6) is 5.75 Å². The smallest absolute Gasteiger partial charge is 0.401 e. The van der Waals surface area contributed by atoms with E-state index in [1.807, 2.05) is 30.5 Å². The van der Waals surface area contributed by atoms with Gasteiger partial charge in [-0.2, -0.15) is 13.2 Å². The maximum absolute atomic E-state index is 13.4. The minimum absolute atomic E-state index is 0.0296. The molecule has 8 heteroatoms. The highest BCUT2D eigenvalue weighted by molar-refractivity contribution is 6.25. The van der Waals surface area contributed by atoms with Gasteiger partial charge in [0.15, 0.2) is 0 Å². The number of piperidine rings is 1. The van der Waals surface area contributed by atoms with Crippen molar-refractivity contribution >= 4 is 11.3 Å². The molecule has 4 rings (SSSR count). The molecule has 32 heavy (non-hydrogen) atoms. The highest BCUT2D eigenvalue weighted by Crippen LogP contribution is 2.34. The molecule has 170 valence electrons. The molecule has 0 saturated carbocycles. The molecule has 2 aliphatic rings. The summed E-state index contributed by atoms with van der Waals surface area (Å²) >= 11 is 0. The van der Waals surface area contributed by atoms with Gasteiger partial charge >= 0.3 is 6.18 Å². The second-order valence-electron chi connectivity index (χ2n) is 8.09. The molecule has 2 aliphatic heterocycles. The quantitative estimate of drug-likeness (QED) is 0.641. The Morgan fingerprint density at radius 2 is 1.81 bits per heavy atom. The van der Waals surface area contributed by atoms with Crippen LogP contribution in [0.4, 0.5) is 17.6 Å². The number of methoxy groups -OCH3 is 1. The zero-order valence-electron chi connectivity index (χ0n) is 17.7. The molecule has 0 amide bonds. The Balaban J connectivity index is 1.61. The summed E-state index contributed by atoms with van der Waals surface area (Å²) in [5, 5.41) is 3.28. The van der Waals surface area contributed by atoms with E-state index in [0.29, 0.717) is 31.7 Å². The first-order chi connectivity index (χ1) is 15.3. The topological polar surface area (TPSA) is 36.9 Å². The number of alkyl halides is 3. The Morgan fingerprint density at radius 1 is 1.09 bits per heavy atom. The number of hydrogen-bond donors (Lipinski definition) is 1. The van der Waals surface area contributed by atoms with Gasteiger partial charge in [0.2, 0.25) is 0 Å². The summed E-state index contributed by atoms with van der Waals surface area (Å²) < 4.78 is 57.1. The molecule has 1 saturated heterocycles. The van der Waals surface area contributed by atoms with Crippen LogP contribution in [0, 0.1) is 11.7 Å². The summed E-state index contributed by atoms with van der Waals surface area (Å²) in [6.07, 6.45) is -1.50. The van der Waals surface area contributed by atoms with Gasteiger partial charge in [-0.3, -0.25) is 9.89 Å². The lowest BCUT2D eigenvalue weighted by Gasteiger charge is -2.35. The molecule has 0 aromatic heterocycles. The summed E-state index contributed by atoms with van der Waals surface area (Å²) in [6.45, 7) is -0.156. The van der Waals surface area contributed by atoms with Crippen LogP contribution in [-0.4, -0.2) is 43.5 Å². The van der Waals surface area contributed by atoms with Gasteiger partial charge in [0.05, 0.1) is 19.4 Å². The highest BCUT2D eigenvalue weighted by Gasteiger charge is 2.35. The molecule has 0 bridgehead atoms. The molecule has 0 spiro atoms. The van der Waals surface area contributed by atoms with Crippen LogP contribution in [0.2, 0.25) is 0 Å². The maximum Gasteiger partial charge on any atom is 0.401 e. The van der Waals surface area contributed by atoms with Crippen LogP contribution in [0.3, 0.4) is 0 Å². The van der Waals surface area contributed by atoms with E-state index in [0.717, 1.165) is 22.4 Å². The monoisotopic (exact) mass is 447 g/mol. The molecule has 0 radical (unpaired) electrons. The normalized spacial score (nSPS) is 20.3. The highest BCUT2D eigenvalue weighted by atomic mass is 19.4. The second-order valence-corrected chi connectivity index (χ2v) is 8.09. The van der Waals surface area contributed by atoms with Crippen molar-refractivity contribution in [2.45, 2.75) is 25.2 Å². The SMILES string of the molecule is COc1cccc(C2=CNC(c3ccc(F)cc3)N=C2C2CCN(CC(F)(F)F)CC2)c1. The summed E-state index contributed by atoms with van der Waals surface area (Å²) in [4.78, 5) is 6.40. The van der Waals surface area contributed by atoms with Crippen LogP contribution < -0.4 is 10.1 Å². The third-order valence-electron chi connectivity index (χ3n) is 5.87. The Hall–Kier alpha value is -2.87. The summed E-state index contributed by atoms with van der Waals surface area (Å²) in [5.74, 6) is 0.420. The minimum Gasteiger partial charge on any atom is -0.497 e. The number of nitrogens with one attached hydrogen (secondary N) is 1. The van der Waals surface area contributed by atoms with Crippen molar-refractivity contribution in [3.63, 3.8) is 0 Å². The number of rotatable bonds is 5. The zero-order valence-corrected chi connectivity index (χ0v) is 17.7. The molecule has 2 aromatic rings. The van der Waals surface area contributed by atoms with Crippen LogP contribution in [-0.2, 0) is 0 Å². The number of allylic oxidation sites excluding steroid dienone is 1. The third kappa shape index (κ3) is 5.30. The van der Waals surface area contributed by atoms with E-state index in [1.165, 1.54) is 17.0 Å². The van der Waals surface area contributed by atoms with Crippen LogP contribution in [0.15, 0.2) is 59.7 Å². The lowest BCUT2D eigenvalue weighted by atomic mass is 9.84. The second kappa shape index (κ2) is 9.32. The molecular formula is C24H25F4N3O. The Morgan fingerprint density at radius 3 is 2.47 bits per heavy atom. The standard InChI is InChI=1S/C24H25F4N3O/c1-32-20-4-2-3-18(13-20)21-14-29-23(17-5-7-19(25)8-6-17)30-22(21)16-9-11-31(12-10-16)15-24(26,27)28/h2-8,13-14,16,23,29H,9-12,15H2,1H3. The van der Waals surface area contributed by atoms with E-state index in [1.54, 1.807) is 19.2 Å². The van der Waals surface area contributed by atoms with Crippen LogP contribution in [0.1, 0.15) is 30.1 Å². The largest absolute Gasteiger partial charge is 0.497 e. The van der Waals surface area contributed by atoms with Crippen molar-refractivity contribution in [3.05, 3.63) is 71.7 Å². The average Bonchev–Trinajstić information content (AvgIpc) is 2.79. The number of likely N-dealkylation sites (tertiary alicyclic amines) is 1. The fourth-order valence-electron chi connectivity index (χ4n) is 4.26. The van der Waals surface area contributed by atoms with Gasteiger partial charge in [-0.1, -0.05) is 24.3 Å². The summed E-state index contributed by atoms with van der Waals surface area (Å²) in [6, 6.07) is 13.8. The Bertz CT molecular complexity index is 993. The number of halogens is 4. The third-order valence-corrected chi connectivity index (χ3v) is 5.87. The first-order valence-electron chi connectivity index (χ1n) is 10.6. The molecule has 2 heterocycles. The number of benzene rings is 2. The van der Waals surface area contributed by atoms with Crippen LogP contribution in [0.25, 0.3) is 5.57 Å². The maximum atomic E-state index is 13.4. The lowest BCUT2D eigenvalue weighted by Crippen LogP contribution is -2.42. The van der Waals surface area contributed by atoms with Gasteiger partial charge < -0.3 is 10.1 Å². The number of aliphatic imine (C=N–C) groups is 1.